The first kappa shape index (κ1) is 24.7. The van der Waals surface area contributed by atoms with Crippen LogP contribution in [0.3, 0.4) is 0 Å². The third-order valence-corrected chi connectivity index (χ3v) is 8.30. The number of carbonyl (C=O) groups excluding carboxylic acids is 2. The minimum absolute atomic E-state index is 0.213. The topological polar surface area (TPSA) is 95.6 Å². The Morgan fingerprint density at radius 1 is 1.00 bits per heavy atom. The molecule has 0 radical (unpaired) electrons. The summed E-state index contributed by atoms with van der Waals surface area (Å²) in [5, 5.41) is 5.78. The molecule has 176 valence electrons. The average Bonchev–Trinajstić information content (AvgIpc) is 2.80. The van der Waals surface area contributed by atoms with E-state index in [1.807, 2.05) is 0 Å². The number of rotatable bonds is 8. The van der Waals surface area contributed by atoms with Crippen LogP contribution in [0.2, 0.25) is 5.02 Å². The van der Waals surface area contributed by atoms with Gasteiger partial charge in [0.15, 0.2) is 0 Å². The number of sulfonamides is 1. The summed E-state index contributed by atoms with van der Waals surface area (Å²) in [6.45, 7) is 1.14. The maximum atomic E-state index is 13.1. The highest BCUT2D eigenvalue weighted by atomic mass is 35.5. The van der Waals surface area contributed by atoms with Crippen molar-refractivity contribution in [1.29, 1.82) is 0 Å². The molecule has 0 aromatic heterocycles. The number of hydrogen-bond acceptors (Lipinski definition) is 4. The van der Waals surface area contributed by atoms with Crippen LogP contribution in [0.15, 0.2) is 40.8 Å². The Morgan fingerprint density at radius 3 is 2.41 bits per heavy atom. The monoisotopic (exact) mass is 481 g/mol. The quantitative estimate of drug-likeness (QED) is 0.439. The van der Waals surface area contributed by atoms with Crippen LogP contribution < -0.4 is 10.6 Å². The first-order valence-electron chi connectivity index (χ1n) is 11.4. The Morgan fingerprint density at radius 2 is 1.72 bits per heavy atom. The Labute approximate surface area is 195 Å². The van der Waals surface area contributed by atoms with Gasteiger partial charge < -0.3 is 10.6 Å². The summed E-state index contributed by atoms with van der Waals surface area (Å²) in [6.07, 6.45) is 10.5. The Hall–Kier alpha value is -1.90. The molecule has 9 heteroatoms. The maximum Gasteiger partial charge on any atom is 0.309 e. The summed E-state index contributed by atoms with van der Waals surface area (Å²) in [7, 11) is -3.64. The molecule has 1 aromatic carbocycles. The van der Waals surface area contributed by atoms with Gasteiger partial charge in [-0.1, -0.05) is 29.7 Å². The van der Waals surface area contributed by atoms with Gasteiger partial charge in [0.05, 0.1) is 4.90 Å². The number of amides is 2. The lowest BCUT2D eigenvalue weighted by Crippen LogP contribution is -2.46. The number of benzene rings is 1. The molecule has 2 N–H and O–H groups in total. The van der Waals surface area contributed by atoms with Crippen LogP contribution in [-0.4, -0.2) is 50.2 Å². The molecule has 0 bridgehead atoms. The van der Waals surface area contributed by atoms with Gasteiger partial charge in [-0.2, -0.15) is 4.31 Å². The van der Waals surface area contributed by atoms with Crippen LogP contribution in [0.4, 0.5) is 0 Å². The van der Waals surface area contributed by atoms with Gasteiger partial charge in [-0.15, -0.1) is 0 Å². The fourth-order valence-corrected chi connectivity index (χ4v) is 6.15. The molecule has 2 amide bonds. The molecular formula is C23H32ClN3O4S. The molecule has 0 saturated carbocycles. The Balaban J connectivity index is 1.46. The van der Waals surface area contributed by atoms with Crippen molar-refractivity contribution in [2.75, 3.05) is 19.6 Å². The van der Waals surface area contributed by atoms with Crippen LogP contribution in [0.1, 0.15) is 57.8 Å². The molecule has 1 heterocycles. The van der Waals surface area contributed by atoms with Crippen LogP contribution >= 0.6 is 11.6 Å². The molecule has 7 nitrogen and oxygen atoms in total. The molecule has 1 saturated heterocycles. The third-order valence-electron chi connectivity index (χ3n) is 6.08. The second kappa shape index (κ2) is 11.8. The number of carbonyl (C=O) groups is 2. The predicted molar refractivity (Wildman–Crippen MR) is 125 cm³/mol. The zero-order chi connectivity index (χ0) is 23.0. The summed E-state index contributed by atoms with van der Waals surface area (Å²) in [6, 6.07) is 5.94. The molecule has 1 aliphatic carbocycles. The van der Waals surface area contributed by atoms with Gasteiger partial charge in [0.25, 0.3) is 0 Å². The zero-order valence-corrected chi connectivity index (χ0v) is 19.9. The number of hydrogen-bond donors (Lipinski definition) is 2. The fourth-order valence-electron chi connectivity index (χ4n) is 4.30. The second-order valence-corrected chi connectivity index (χ2v) is 10.7. The van der Waals surface area contributed by atoms with Crippen molar-refractivity contribution in [2.24, 2.45) is 0 Å². The Bertz CT molecular complexity index is 931. The van der Waals surface area contributed by atoms with Gasteiger partial charge in [0.1, 0.15) is 0 Å². The van der Waals surface area contributed by atoms with E-state index in [1.165, 1.54) is 34.9 Å². The maximum absolute atomic E-state index is 13.1. The van der Waals surface area contributed by atoms with Gasteiger partial charge in [0.2, 0.25) is 10.0 Å². The summed E-state index contributed by atoms with van der Waals surface area (Å²) in [4.78, 5) is 24.4. The van der Waals surface area contributed by atoms with Gasteiger partial charge >= 0.3 is 11.8 Å². The second-order valence-electron chi connectivity index (χ2n) is 8.38. The smallest absolute Gasteiger partial charge is 0.309 e. The fraction of sp³-hybridized carbons (Fsp3) is 0.565. The van der Waals surface area contributed by atoms with E-state index >= 15 is 0 Å². The number of nitrogens with zero attached hydrogens (tertiary/aromatic N) is 1. The molecule has 1 fully saturated rings. The van der Waals surface area contributed by atoms with Crippen LogP contribution in [-0.2, 0) is 19.6 Å². The normalized spacial score (nSPS) is 19.8. The summed E-state index contributed by atoms with van der Waals surface area (Å²) < 4.78 is 27.7. The standard InChI is InChI=1S/C23H32ClN3O4S/c24-19-9-11-21(12-10-19)32(30,31)27-17-5-4-8-20(27)14-16-26-23(29)22(28)25-15-13-18-6-2-1-3-7-18/h6,9-12,20H,1-5,7-8,13-17H2,(H,25,28)(H,26,29)/t20-/m0/s1. The molecule has 1 atom stereocenters. The first-order chi connectivity index (χ1) is 15.4. The molecule has 1 aliphatic heterocycles. The van der Waals surface area contributed by atoms with Gasteiger partial charge in [-0.25, -0.2) is 8.42 Å². The van der Waals surface area contributed by atoms with Crippen molar-refractivity contribution in [3.05, 3.63) is 40.9 Å². The predicted octanol–water partition coefficient (Wildman–Crippen LogP) is 3.40. The minimum Gasteiger partial charge on any atom is -0.348 e. The molecular weight excluding hydrogens is 450 g/mol. The van der Waals surface area contributed by atoms with E-state index < -0.39 is 21.8 Å². The number of allylic oxidation sites excluding steroid dienone is 1. The van der Waals surface area contributed by atoms with E-state index in [-0.39, 0.29) is 17.5 Å². The third kappa shape index (κ3) is 6.80. The molecule has 0 spiro atoms. The van der Waals surface area contributed by atoms with Crippen molar-refractivity contribution in [3.8, 4) is 0 Å². The lowest BCUT2D eigenvalue weighted by molar-refractivity contribution is -0.139. The van der Waals surface area contributed by atoms with E-state index in [9.17, 15) is 18.0 Å². The van der Waals surface area contributed by atoms with Crippen molar-refractivity contribution in [1.82, 2.24) is 14.9 Å². The van der Waals surface area contributed by atoms with E-state index in [1.54, 1.807) is 12.1 Å². The highest BCUT2D eigenvalue weighted by molar-refractivity contribution is 7.89. The molecule has 3 rings (SSSR count). The SMILES string of the molecule is O=C(NCCC1=CCCCC1)C(=O)NCC[C@@H]1CCCCN1S(=O)(=O)c1ccc(Cl)cc1. The molecule has 32 heavy (non-hydrogen) atoms. The van der Waals surface area contributed by atoms with Gasteiger partial charge in [-0.3, -0.25) is 9.59 Å². The number of nitrogens with one attached hydrogen (secondary N) is 2. The highest BCUT2D eigenvalue weighted by Crippen LogP contribution is 2.27. The largest absolute Gasteiger partial charge is 0.348 e. The number of halogens is 1. The summed E-state index contributed by atoms with van der Waals surface area (Å²) in [5.74, 6) is -1.32. The molecule has 1 aromatic rings. The number of piperidine rings is 1. The van der Waals surface area contributed by atoms with Crippen LogP contribution in [0, 0.1) is 0 Å². The highest BCUT2D eigenvalue weighted by Gasteiger charge is 2.33. The first-order valence-corrected chi connectivity index (χ1v) is 13.2. The average molecular weight is 482 g/mol. The van der Waals surface area contributed by atoms with E-state index in [0.29, 0.717) is 24.5 Å². The van der Waals surface area contributed by atoms with E-state index in [2.05, 4.69) is 16.7 Å². The van der Waals surface area contributed by atoms with Crippen LogP contribution in [0.25, 0.3) is 0 Å². The molecule has 0 unspecified atom stereocenters. The molecule has 2 aliphatic rings. The van der Waals surface area contributed by atoms with Crippen molar-refractivity contribution < 1.29 is 18.0 Å². The van der Waals surface area contributed by atoms with Crippen LogP contribution in [0.5, 0.6) is 0 Å². The summed E-state index contributed by atoms with van der Waals surface area (Å²) in [5.41, 5.74) is 1.34. The minimum atomic E-state index is -3.64. The van der Waals surface area contributed by atoms with E-state index in [0.717, 1.165) is 38.5 Å². The van der Waals surface area contributed by atoms with Gasteiger partial charge in [0, 0.05) is 30.7 Å². The lowest BCUT2D eigenvalue weighted by atomic mass is 9.97. The Kier molecular flexibility index (Phi) is 9.13. The van der Waals surface area contributed by atoms with E-state index in [4.69, 9.17) is 11.6 Å². The van der Waals surface area contributed by atoms with Crippen molar-refractivity contribution in [3.63, 3.8) is 0 Å². The zero-order valence-electron chi connectivity index (χ0n) is 18.3. The van der Waals surface area contributed by atoms with Crippen molar-refractivity contribution >= 4 is 33.4 Å². The van der Waals surface area contributed by atoms with Crippen molar-refractivity contribution in [2.45, 2.75) is 68.7 Å². The lowest BCUT2D eigenvalue weighted by Gasteiger charge is -2.34. The summed E-state index contributed by atoms with van der Waals surface area (Å²) >= 11 is 5.89. The van der Waals surface area contributed by atoms with Gasteiger partial charge in [-0.05, 0) is 75.6 Å².